The molecule has 0 bridgehead atoms. The average Bonchev–Trinajstić information content (AvgIpc) is 4.15. The van der Waals surface area contributed by atoms with Gasteiger partial charge >= 0.3 is 5.97 Å². The molecule has 14 heteroatoms. The third-order valence-electron chi connectivity index (χ3n) is 11.6. The van der Waals surface area contributed by atoms with Gasteiger partial charge in [-0.2, -0.15) is 10.2 Å². The number of aromatic nitrogens is 5. The van der Waals surface area contributed by atoms with E-state index in [0.717, 1.165) is 50.6 Å². The van der Waals surface area contributed by atoms with E-state index in [2.05, 4.69) is 73.0 Å². The minimum absolute atomic E-state index is 0.104. The van der Waals surface area contributed by atoms with Gasteiger partial charge in [0.1, 0.15) is 11.5 Å². The van der Waals surface area contributed by atoms with E-state index in [-0.39, 0.29) is 41.0 Å². The van der Waals surface area contributed by atoms with E-state index in [4.69, 9.17) is 25.2 Å². The number of fused-ring (bicyclic) bond motifs is 2. The number of amides is 2. The molecule has 7 aromatic rings. The number of nitrogens with zero attached hydrogens (tertiary/aromatic N) is 5. The summed E-state index contributed by atoms with van der Waals surface area (Å²) in [6, 6.07) is 31.0. The highest BCUT2D eigenvalue weighted by Crippen LogP contribution is 2.49. The normalized spacial score (nSPS) is 15.5. The maximum Gasteiger partial charge on any atom is 0.360 e. The van der Waals surface area contributed by atoms with Crippen LogP contribution in [-0.4, -0.2) is 64.2 Å². The summed E-state index contributed by atoms with van der Waals surface area (Å²) in [5, 5.41) is 18.8. The van der Waals surface area contributed by atoms with E-state index in [1.165, 1.54) is 6.07 Å². The number of H-pyrrole nitrogens is 2. The van der Waals surface area contributed by atoms with Crippen molar-refractivity contribution < 1.29 is 33.1 Å². The molecule has 5 heterocycles. The predicted octanol–water partition coefficient (Wildman–Crippen LogP) is 9.74. The van der Waals surface area contributed by atoms with Crippen molar-refractivity contribution in [2.24, 2.45) is 0 Å². The lowest BCUT2D eigenvalue weighted by atomic mass is 9.85. The molecule has 0 fully saturated rings. The first-order chi connectivity index (χ1) is 31.6. The zero-order chi connectivity index (χ0) is 47.1. The third-order valence-corrected chi connectivity index (χ3v) is 11.6. The van der Waals surface area contributed by atoms with Crippen molar-refractivity contribution in [3.05, 3.63) is 159 Å². The molecule has 0 spiro atoms. The molecule has 0 radical (unpaired) electrons. The summed E-state index contributed by atoms with van der Waals surface area (Å²) >= 11 is 0. The van der Waals surface area contributed by atoms with Crippen molar-refractivity contribution in [2.75, 3.05) is 30.6 Å². The van der Waals surface area contributed by atoms with Gasteiger partial charge in [-0.3, -0.25) is 29.6 Å². The Hall–Kier alpha value is -7.92. The first-order valence-electron chi connectivity index (χ1n) is 21.5. The lowest BCUT2D eigenvalue weighted by Crippen LogP contribution is -2.30. The molecule has 2 aliphatic heterocycles. The van der Waals surface area contributed by atoms with Gasteiger partial charge in [-0.1, -0.05) is 89.0 Å². The minimum Gasteiger partial charge on any atom is -0.496 e. The number of rotatable bonds is 9. The molecule has 2 atom stereocenters. The second kappa shape index (κ2) is 17.6. The Bertz CT molecular complexity index is 2980. The van der Waals surface area contributed by atoms with E-state index in [9.17, 15) is 14.4 Å². The summed E-state index contributed by atoms with van der Waals surface area (Å²) in [7, 11) is 3.26. The number of terminal acetylenes is 1. The number of nitrogens with one attached hydrogen (secondary N) is 2. The van der Waals surface area contributed by atoms with Crippen LogP contribution in [0.3, 0.4) is 0 Å². The fourth-order valence-electron chi connectivity index (χ4n) is 8.55. The van der Waals surface area contributed by atoms with E-state index in [1.807, 2.05) is 97.1 Å². The van der Waals surface area contributed by atoms with Crippen LogP contribution in [0.15, 0.2) is 108 Å². The predicted molar refractivity (Wildman–Crippen MR) is 250 cm³/mol. The van der Waals surface area contributed by atoms with Gasteiger partial charge in [0, 0.05) is 73.0 Å². The van der Waals surface area contributed by atoms with Crippen molar-refractivity contribution in [3.8, 4) is 35.2 Å². The molecular weight excluding hydrogens is 835 g/mol. The molecule has 9 rings (SSSR count). The first kappa shape index (κ1) is 44.7. The molecule has 4 aromatic carbocycles. The average molecular weight is 886 g/mol. The van der Waals surface area contributed by atoms with Crippen LogP contribution in [0.5, 0.6) is 11.5 Å². The number of hydrogen-bond donors (Lipinski definition) is 2. The van der Waals surface area contributed by atoms with Gasteiger partial charge in [0.25, 0.3) is 11.8 Å². The van der Waals surface area contributed by atoms with Crippen molar-refractivity contribution in [2.45, 2.75) is 71.4 Å². The Morgan fingerprint density at radius 1 is 0.712 bits per heavy atom. The van der Waals surface area contributed by atoms with Gasteiger partial charge in [-0.05, 0) is 67.6 Å². The van der Waals surface area contributed by atoms with Crippen molar-refractivity contribution in [1.82, 2.24) is 25.6 Å². The SMILES string of the molecule is C#Cc1ccc(N2C(=O)c3n[nH]c(C(C)(C)C)c3C2c2ccccc2OC)cc1.CCOC(=O)c1cc(-c2ccc(N3C(=O)c4n[nH]c(C(C)(C)C)c4C3c3ccccc3OC)cc2)on1. The third kappa shape index (κ3) is 7.97. The zero-order valence-corrected chi connectivity index (χ0v) is 38.3. The summed E-state index contributed by atoms with van der Waals surface area (Å²) in [5.74, 6) is 3.57. The maximum atomic E-state index is 13.7. The Morgan fingerprint density at radius 2 is 1.17 bits per heavy atom. The summed E-state index contributed by atoms with van der Waals surface area (Å²) < 4.78 is 21.7. The van der Waals surface area contributed by atoms with E-state index in [1.54, 1.807) is 30.9 Å². The van der Waals surface area contributed by atoms with Crippen LogP contribution >= 0.6 is 0 Å². The lowest BCUT2D eigenvalue weighted by Gasteiger charge is -2.29. The van der Waals surface area contributed by atoms with Gasteiger partial charge in [0.15, 0.2) is 22.8 Å². The lowest BCUT2D eigenvalue weighted by molar-refractivity contribution is 0.0514. The van der Waals surface area contributed by atoms with Gasteiger partial charge < -0.3 is 18.7 Å². The highest BCUT2D eigenvalue weighted by atomic mass is 16.5. The van der Waals surface area contributed by atoms with Crippen LogP contribution in [0, 0.1) is 12.3 Å². The fraction of sp³-hybridized carbons (Fsp3) is 0.269. The number of carbonyl (C=O) groups excluding carboxylic acids is 3. The molecule has 2 N–H and O–H groups in total. The second-order valence-electron chi connectivity index (χ2n) is 17.9. The van der Waals surface area contributed by atoms with Crippen LogP contribution in [0.2, 0.25) is 0 Å². The van der Waals surface area contributed by atoms with Crippen LogP contribution in [0.1, 0.15) is 131 Å². The standard InChI is InChI=1S/C28H28N4O5.C24H23N3O2/c1-6-36-27(34)19-15-21(37-31-19)16-11-13-17(14-12-16)32-24(18-9-7-8-10-20(18)35-5)22-23(26(32)33)29-30-25(22)28(2,3)4;1-6-15-11-13-16(14-12-15)27-21(17-9-7-8-10-18(17)29-5)19-20(23(27)28)25-26-22(19)24(2,3)4/h7-15,24H,6H2,1-5H3,(H,29,30);1,7-14,21H,2-5H3,(H,25,26). The highest BCUT2D eigenvalue weighted by Gasteiger charge is 2.47. The van der Waals surface area contributed by atoms with Crippen LogP contribution in [-0.2, 0) is 15.6 Å². The minimum atomic E-state index is -0.541. The number of anilines is 2. The number of esters is 1. The summed E-state index contributed by atoms with van der Waals surface area (Å²) in [6.07, 6.45) is 5.50. The maximum absolute atomic E-state index is 13.7. The Labute approximate surface area is 383 Å². The van der Waals surface area contributed by atoms with Gasteiger partial charge in [-0.15, -0.1) is 6.42 Å². The monoisotopic (exact) mass is 885 g/mol. The van der Waals surface area contributed by atoms with E-state index in [0.29, 0.717) is 34.1 Å². The summed E-state index contributed by atoms with van der Waals surface area (Å²) in [6.45, 7) is 14.6. The number of aromatic amines is 2. The smallest absolute Gasteiger partial charge is 0.360 e. The number of para-hydroxylation sites is 2. The molecular formula is C52H51N7O7. The molecule has 3 aromatic heterocycles. The molecule has 0 aliphatic carbocycles. The number of hydrogen-bond acceptors (Lipinski definition) is 10. The topological polar surface area (TPSA) is 169 Å². The number of carbonyl (C=O) groups is 3. The number of benzene rings is 4. The molecule has 0 saturated heterocycles. The van der Waals surface area contributed by atoms with Crippen molar-refractivity contribution >= 4 is 29.2 Å². The molecule has 66 heavy (non-hydrogen) atoms. The van der Waals surface area contributed by atoms with Crippen LogP contribution < -0.4 is 19.3 Å². The number of ether oxygens (including phenoxy) is 3. The Morgan fingerprint density at radius 3 is 1.59 bits per heavy atom. The van der Waals surface area contributed by atoms with Crippen LogP contribution in [0.4, 0.5) is 11.4 Å². The van der Waals surface area contributed by atoms with Crippen LogP contribution in [0.25, 0.3) is 11.3 Å². The quantitative estimate of drug-likeness (QED) is 0.105. The molecule has 2 aliphatic rings. The first-order valence-corrected chi connectivity index (χ1v) is 21.5. The molecule has 2 amide bonds. The zero-order valence-electron chi connectivity index (χ0n) is 38.3. The van der Waals surface area contributed by atoms with Gasteiger partial charge in [-0.25, -0.2) is 4.79 Å². The van der Waals surface area contributed by atoms with Gasteiger partial charge in [0.05, 0.1) is 32.9 Å². The molecule has 336 valence electrons. The fourth-order valence-corrected chi connectivity index (χ4v) is 8.55. The summed E-state index contributed by atoms with van der Waals surface area (Å²) in [4.78, 5) is 42.6. The molecule has 2 unspecified atom stereocenters. The second-order valence-corrected chi connectivity index (χ2v) is 17.9. The van der Waals surface area contributed by atoms with Crippen molar-refractivity contribution in [1.29, 1.82) is 0 Å². The highest BCUT2D eigenvalue weighted by molar-refractivity contribution is 6.12. The van der Waals surface area contributed by atoms with E-state index < -0.39 is 12.0 Å². The molecule has 14 nitrogen and oxygen atoms in total. The van der Waals surface area contributed by atoms with E-state index >= 15 is 0 Å². The largest absolute Gasteiger partial charge is 0.496 e. The van der Waals surface area contributed by atoms with Crippen molar-refractivity contribution in [3.63, 3.8) is 0 Å². The Balaban J connectivity index is 0.000000185. The number of methoxy groups -OCH3 is 2. The summed E-state index contributed by atoms with van der Waals surface area (Å²) in [5.41, 5.74) is 8.79. The van der Waals surface area contributed by atoms with Gasteiger partial charge in [0.2, 0.25) is 0 Å². The Kier molecular flexibility index (Phi) is 11.9. The molecule has 0 saturated carbocycles.